The van der Waals surface area contributed by atoms with Crippen LogP contribution >= 0.6 is 11.6 Å². The number of rotatable bonds is 3. The number of nitrogens with two attached hydrogens (primary N) is 1. The molecule has 0 atom stereocenters. The predicted molar refractivity (Wildman–Crippen MR) is 110 cm³/mol. The van der Waals surface area contributed by atoms with E-state index in [9.17, 15) is 4.79 Å². The predicted octanol–water partition coefficient (Wildman–Crippen LogP) is 3.41. The highest BCUT2D eigenvalue weighted by molar-refractivity contribution is 6.29. The normalized spacial score (nSPS) is 12.5. The quantitative estimate of drug-likeness (QED) is 0.529. The first-order valence-corrected chi connectivity index (χ1v) is 9.58. The summed E-state index contributed by atoms with van der Waals surface area (Å²) in [6, 6.07) is 13.5. The van der Waals surface area contributed by atoms with E-state index in [1.165, 1.54) is 0 Å². The maximum Gasteiger partial charge on any atom is 0.269 e. The van der Waals surface area contributed by atoms with E-state index < -0.39 is 5.91 Å². The van der Waals surface area contributed by atoms with Crippen LogP contribution in [0.2, 0.25) is 5.15 Å². The second-order valence-corrected chi connectivity index (χ2v) is 7.38. The molecular weight excluding hydrogens is 388 g/mol. The molecule has 4 aromatic rings. The Morgan fingerprint density at radius 2 is 2.00 bits per heavy atom. The fourth-order valence-corrected chi connectivity index (χ4v) is 3.90. The van der Waals surface area contributed by atoms with Gasteiger partial charge in [0.1, 0.15) is 5.15 Å². The van der Waals surface area contributed by atoms with Crippen LogP contribution in [0, 0.1) is 6.92 Å². The van der Waals surface area contributed by atoms with Gasteiger partial charge in [0.05, 0.1) is 22.8 Å². The Kier molecular flexibility index (Phi) is 3.99. The highest BCUT2D eigenvalue weighted by atomic mass is 35.5. The third-order valence-electron chi connectivity index (χ3n) is 5.18. The van der Waals surface area contributed by atoms with Crippen LogP contribution in [-0.2, 0) is 13.0 Å². The van der Waals surface area contributed by atoms with Crippen molar-refractivity contribution < 1.29 is 4.79 Å². The summed E-state index contributed by atoms with van der Waals surface area (Å²) < 4.78 is 3.74. The van der Waals surface area contributed by atoms with Gasteiger partial charge in [-0.05, 0) is 43.2 Å². The zero-order valence-corrected chi connectivity index (χ0v) is 16.4. The van der Waals surface area contributed by atoms with Gasteiger partial charge >= 0.3 is 0 Å². The van der Waals surface area contributed by atoms with Gasteiger partial charge in [-0.25, -0.2) is 9.67 Å². The highest BCUT2D eigenvalue weighted by Crippen LogP contribution is 2.38. The average Bonchev–Trinajstić information content (AvgIpc) is 3.30. The number of hydrogen-bond donors (Lipinski definition) is 1. The first-order valence-electron chi connectivity index (χ1n) is 9.21. The van der Waals surface area contributed by atoms with Crippen LogP contribution in [0.15, 0.2) is 48.7 Å². The van der Waals surface area contributed by atoms with Crippen LogP contribution < -0.4 is 5.73 Å². The van der Waals surface area contributed by atoms with Gasteiger partial charge in [0.2, 0.25) is 0 Å². The number of nitrogens with zero attached hydrogens (tertiary/aromatic N) is 5. The lowest BCUT2D eigenvalue weighted by Gasteiger charge is -2.17. The zero-order valence-electron chi connectivity index (χ0n) is 15.6. The molecular formula is C21H17ClN6O. The summed E-state index contributed by atoms with van der Waals surface area (Å²) in [6.07, 6.45) is 2.46. The Morgan fingerprint density at radius 3 is 2.72 bits per heavy atom. The van der Waals surface area contributed by atoms with Gasteiger partial charge in [-0.3, -0.25) is 9.48 Å². The molecule has 1 aliphatic rings. The molecule has 29 heavy (non-hydrogen) atoms. The molecule has 0 fully saturated rings. The number of carbonyl (C=O) groups excluding carboxylic acids is 1. The molecule has 1 aromatic carbocycles. The summed E-state index contributed by atoms with van der Waals surface area (Å²) in [4.78, 5) is 15.9. The molecule has 1 amide bonds. The minimum absolute atomic E-state index is 0.250. The van der Waals surface area contributed by atoms with E-state index in [0.717, 1.165) is 45.9 Å². The molecule has 0 aliphatic carbocycles. The number of carbonyl (C=O) groups is 1. The lowest BCUT2D eigenvalue weighted by Crippen LogP contribution is -2.15. The van der Waals surface area contributed by atoms with E-state index in [1.807, 2.05) is 46.6 Å². The number of pyridine rings is 1. The largest absolute Gasteiger partial charge is 0.364 e. The number of halogens is 1. The third kappa shape index (κ3) is 2.82. The Hall–Kier alpha value is -3.45. The van der Waals surface area contributed by atoms with Crippen LogP contribution in [0.4, 0.5) is 0 Å². The highest BCUT2D eigenvalue weighted by Gasteiger charge is 2.29. The van der Waals surface area contributed by atoms with Crippen molar-refractivity contribution in [2.24, 2.45) is 5.73 Å². The number of hydrogen-bond acceptors (Lipinski definition) is 4. The molecule has 8 heteroatoms. The lowest BCUT2D eigenvalue weighted by atomic mass is 10.00. The number of primary amides is 1. The van der Waals surface area contributed by atoms with Crippen molar-refractivity contribution >= 4 is 17.5 Å². The first kappa shape index (κ1) is 17.6. The van der Waals surface area contributed by atoms with Gasteiger partial charge in [0.25, 0.3) is 5.91 Å². The molecule has 144 valence electrons. The first-order chi connectivity index (χ1) is 14.0. The summed E-state index contributed by atoms with van der Waals surface area (Å²) in [5.41, 5.74) is 12.3. The summed E-state index contributed by atoms with van der Waals surface area (Å²) in [5.74, 6) is -0.544. The SMILES string of the molecule is Cc1ccccc1-n1nc(-c2ccc(Cl)nc2)c2c1-c1cc(C(N)=O)nn1CC2. The van der Waals surface area contributed by atoms with Crippen LogP contribution in [0.5, 0.6) is 0 Å². The third-order valence-corrected chi connectivity index (χ3v) is 5.40. The van der Waals surface area contributed by atoms with E-state index in [2.05, 4.69) is 10.1 Å². The molecule has 0 saturated carbocycles. The van der Waals surface area contributed by atoms with Gasteiger partial charge in [0, 0.05) is 23.9 Å². The number of para-hydroxylation sites is 1. The molecule has 0 spiro atoms. The van der Waals surface area contributed by atoms with Crippen LogP contribution in [-0.4, -0.2) is 30.5 Å². The van der Waals surface area contributed by atoms with Crippen molar-refractivity contribution in [1.29, 1.82) is 0 Å². The van der Waals surface area contributed by atoms with Crippen molar-refractivity contribution in [3.05, 3.63) is 70.6 Å². The van der Waals surface area contributed by atoms with E-state index >= 15 is 0 Å². The summed E-state index contributed by atoms with van der Waals surface area (Å²) in [6.45, 7) is 2.69. The van der Waals surface area contributed by atoms with Gasteiger partial charge in [0.15, 0.2) is 5.69 Å². The zero-order chi connectivity index (χ0) is 20.1. The second kappa shape index (κ2) is 6.56. The van der Waals surface area contributed by atoms with Gasteiger partial charge < -0.3 is 5.73 Å². The number of aryl methyl sites for hydroxylation is 2. The standard InChI is InChI=1S/C21H17ClN6O/c1-12-4-2-3-5-16(12)28-20-14(19(26-28)13-6-7-18(22)24-11-13)8-9-27-17(20)10-15(25-27)21(23)29/h2-7,10-11H,8-9H2,1H3,(H2,23,29). The van der Waals surface area contributed by atoms with Crippen molar-refractivity contribution in [1.82, 2.24) is 24.5 Å². The Labute approximate surface area is 171 Å². The van der Waals surface area contributed by atoms with Gasteiger partial charge in [-0.15, -0.1) is 0 Å². The van der Waals surface area contributed by atoms with Gasteiger partial charge in [-0.1, -0.05) is 29.8 Å². The molecule has 2 N–H and O–H groups in total. The maximum atomic E-state index is 11.7. The second-order valence-electron chi connectivity index (χ2n) is 7.00. The Bertz CT molecular complexity index is 1250. The molecule has 7 nitrogen and oxygen atoms in total. The molecule has 1 aliphatic heterocycles. The number of amides is 1. The van der Waals surface area contributed by atoms with E-state index in [4.69, 9.17) is 22.4 Å². The fourth-order valence-electron chi connectivity index (χ4n) is 3.79. The molecule has 0 radical (unpaired) electrons. The smallest absolute Gasteiger partial charge is 0.269 e. The molecule has 0 bridgehead atoms. The molecule has 0 unspecified atom stereocenters. The van der Waals surface area contributed by atoms with Crippen molar-refractivity contribution in [3.63, 3.8) is 0 Å². The van der Waals surface area contributed by atoms with E-state index in [-0.39, 0.29) is 5.69 Å². The van der Waals surface area contributed by atoms with E-state index in [0.29, 0.717) is 11.7 Å². The van der Waals surface area contributed by atoms with E-state index in [1.54, 1.807) is 18.3 Å². The summed E-state index contributed by atoms with van der Waals surface area (Å²) >= 11 is 5.97. The monoisotopic (exact) mass is 404 g/mol. The maximum absolute atomic E-state index is 11.7. The summed E-state index contributed by atoms with van der Waals surface area (Å²) in [7, 11) is 0. The Balaban J connectivity index is 1.80. The van der Waals surface area contributed by atoms with Crippen LogP contribution in [0.25, 0.3) is 28.3 Å². The fraction of sp³-hybridized carbons (Fsp3) is 0.143. The van der Waals surface area contributed by atoms with Crippen LogP contribution in [0.1, 0.15) is 21.6 Å². The topological polar surface area (TPSA) is 91.6 Å². The van der Waals surface area contributed by atoms with Gasteiger partial charge in [-0.2, -0.15) is 10.2 Å². The minimum atomic E-state index is -0.544. The van der Waals surface area contributed by atoms with Crippen molar-refractivity contribution in [2.45, 2.75) is 19.9 Å². The summed E-state index contributed by atoms with van der Waals surface area (Å²) in [5, 5.41) is 9.76. The Morgan fingerprint density at radius 1 is 1.17 bits per heavy atom. The lowest BCUT2D eigenvalue weighted by molar-refractivity contribution is 0.0994. The van der Waals surface area contributed by atoms with Crippen molar-refractivity contribution in [3.8, 4) is 28.3 Å². The number of benzene rings is 1. The minimum Gasteiger partial charge on any atom is -0.364 e. The molecule has 0 saturated heterocycles. The van der Waals surface area contributed by atoms with Crippen LogP contribution in [0.3, 0.4) is 0 Å². The molecule has 4 heterocycles. The van der Waals surface area contributed by atoms with Crippen molar-refractivity contribution in [2.75, 3.05) is 0 Å². The number of fused-ring (bicyclic) bond motifs is 3. The molecule has 3 aromatic heterocycles. The average molecular weight is 405 g/mol. The molecule has 5 rings (SSSR count). The number of aromatic nitrogens is 5.